The van der Waals surface area contributed by atoms with Gasteiger partial charge in [0.15, 0.2) is 0 Å². The van der Waals surface area contributed by atoms with Crippen LogP contribution >= 0.6 is 0 Å². The Balaban J connectivity index is 2.22. The van der Waals surface area contributed by atoms with Crippen molar-refractivity contribution in [2.24, 2.45) is 0 Å². The van der Waals surface area contributed by atoms with Gasteiger partial charge in [-0.05, 0) is 30.7 Å². The van der Waals surface area contributed by atoms with Crippen molar-refractivity contribution < 1.29 is 14.7 Å². The topological polar surface area (TPSA) is 49.8 Å². The van der Waals surface area contributed by atoms with Gasteiger partial charge in [0, 0.05) is 0 Å². The van der Waals surface area contributed by atoms with Gasteiger partial charge in [0.2, 0.25) is 0 Å². The molecule has 1 N–H and O–H groups in total. The summed E-state index contributed by atoms with van der Waals surface area (Å²) in [5.74, 6) is -0.962. The van der Waals surface area contributed by atoms with Crippen molar-refractivity contribution in [2.45, 2.75) is 32.6 Å². The minimum atomic E-state index is -0.962. The van der Waals surface area contributed by atoms with E-state index in [4.69, 9.17) is 4.84 Å². The average Bonchev–Trinajstić information content (AvgIpc) is 2.59. The minimum Gasteiger partial charge on any atom is -0.478 e. The van der Waals surface area contributed by atoms with E-state index in [-0.39, 0.29) is 5.56 Å². The molecule has 0 aliphatic heterocycles. The molecule has 2 aromatic rings. The molecule has 2 aromatic carbocycles. The fourth-order valence-corrected chi connectivity index (χ4v) is 2.36. The van der Waals surface area contributed by atoms with E-state index in [0.29, 0.717) is 12.3 Å². The van der Waals surface area contributed by atoms with Crippen molar-refractivity contribution in [2.75, 3.05) is 11.7 Å². The smallest absolute Gasteiger partial charge is 0.337 e. The molecule has 0 amide bonds. The van der Waals surface area contributed by atoms with Crippen LogP contribution in [-0.4, -0.2) is 17.7 Å². The molecular weight excluding hydrogens is 290 g/mol. The molecule has 0 fully saturated rings. The normalized spacial score (nSPS) is 10.5. The van der Waals surface area contributed by atoms with Crippen LogP contribution in [0.3, 0.4) is 0 Å². The Morgan fingerprint density at radius 1 is 1.00 bits per heavy atom. The number of carbonyl (C=O) groups is 1. The quantitative estimate of drug-likeness (QED) is 0.521. The molecule has 0 spiro atoms. The first kappa shape index (κ1) is 17.0. The molecule has 0 bridgehead atoms. The number of carboxylic acid groups (broad SMARTS) is 1. The van der Waals surface area contributed by atoms with E-state index in [2.05, 4.69) is 6.92 Å². The van der Waals surface area contributed by atoms with Gasteiger partial charge in [-0.25, -0.2) is 9.86 Å². The second kappa shape index (κ2) is 8.96. The zero-order valence-corrected chi connectivity index (χ0v) is 13.4. The summed E-state index contributed by atoms with van der Waals surface area (Å²) in [6.45, 7) is 2.73. The van der Waals surface area contributed by atoms with Crippen molar-refractivity contribution in [3.05, 3.63) is 60.2 Å². The van der Waals surface area contributed by atoms with Gasteiger partial charge in [0.05, 0.1) is 23.5 Å². The molecule has 122 valence electrons. The van der Waals surface area contributed by atoms with Crippen molar-refractivity contribution in [3.8, 4) is 0 Å². The minimum absolute atomic E-state index is 0.227. The fourth-order valence-electron chi connectivity index (χ4n) is 2.36. The third kappa shape index (κ3) is 4.83. The molecule has 4 heteroatoms. The molecule has 23 heavy (non-hydrogen) atoms. The van der Waals surface area contributed by atoms with E-state index in [9.17, 15) is 9.90 Å². The van der Waals surface area contributed by atoms with Crippen LogP contribution in [-0.2, 0) is 4.84 Å². The summed E-state index contributed by atoms with van der Waals surface area (Å²) < 4.78 is 0. The van der Waals surface area contributed by atoms with Gasteiger partial charge >= 0.3 is 5.97 Å². The zero-order valence-electron chi connectivity index (χ0n) is 13.4. The lowest BCUT2D eigenvalue weighted by molar-refractivity contribution is 0.0693. The predicted octanol–water partition coefficient (Wildman–Crippen LogP) is 5.03. The Kier molecular flexibility index (Phi) is 6.63. The first-order valence-electron chi connectivity index (χ1n) is 8.04. The number of rotatable bonds is 9. The van der Waals surface area contributed by atoms with Crippen LogP contribution in [0.25, 0.3) is 0 Å². The molecule has 2 rings (SSSR count). The van der Waals surface area contributed by atoms with Gasteiger partial charge in [0.1, 0.15) is 0 Å². The third-order valence-corrected chi connectivity index (χ3v) is 3.56. The van der Waals surface area contributed by atoms with E-state index in [1.165, 1.54) is 12.8 Å². The van der Waals surface area contributed by atoms with E-state index >= 15 is 0 Å². The monoisotopic (exact) mass is 313 g/mol. The summed E-state index contributed by atoms with van der Waals surface area (Å²) in [5, 5.41) is 11.0. The molecule has 0 heterocycles. The Bertz CT molecular complexity index is 613. The maximum atomic E-state index is 11.5. The highest BCUT2D eigenvalue weighted by Crippen LogP contribution is 2.29. The number of unbranched alkanes of at least 4 members (excludes halogenated alkanes) is 3. The lowest BCUT2D eigenvalue weighted by Gasteiger charge is -2.25. The van der Waals surface area contributed by atoms with Crippen LogP contribution in [0.4, 0.5) is 11.4 Å². The number of benzene rings is 2. The lowest BCUT2D eigenvalue weighted by Crippen LogP contribution is -2.21. The Labute approximate surface area is 137 Å². The number of nitrogens with zero attached hydrogens (tertiary/aromatic N) is 1. The largest absolute Gasteiger partial charge is 0.478 e. The highest BCUT2D eigenvalue weighted by molar-refractivity contribution is 5.95. The second-order valence-corrected chi connectivity index (χ2v) is 5.35. The van der Waals surface area contributed by atoms with E-state index < -0.39 is 5.97 Å². The van der Waals surface area contributed by atoms with Crippen LogP contribution in [0.1, 0.15) is 43.0 Å². The first-order valence-corrected chi connectivity index (χ1v) is 8.04. The number of aromatic carboxylic acids is 1. The molecular formula is C19H23NO3. The lowest BCUT2D eigenvalue weighted by atomic mass is 10.1. The maximum Gasteiger partial charge on any atom is 0.337 e. The van der Waals surface area contributed by atoms with Gasteiger partial charge in [-0.3, -0.25) is 4.84 Å². The van der Waals surface area contributed by atoms with Gasteiger partial charge < -0.3 is 5.11 Å². The standard InChI is InChI=1S/C19H23NO3/c1-2-3-4-10-15-23-20(16-11-6-5-7-12-16)18-14-9-8-13-17(18)19(21)22/h5-9,11-14H,2-4,10,15H2,1H3,(H,21,22). The van der Waals surface area contributed by atoms with Gasteiger partial charge in [0.25, 0.3) is 0 Å². The molecule has 0 unspecified atom stereocenters. The summed E-state index contributed by atoms with van der Waals surface area (Å²) in [5.41, 5.74) is 1.59. The van der Waals surface area contributed by atoms with Crippen molar-refractivity contribution >= 4 is 17.3 Å². The fraction of sp³-hybridized carbons (Fsp3) is 0.316. The number of para-hydroxylation sites is 2. The maximum absolute atomic E-state index is 11.5. The van der Waals surface area contributed by atoms with Gasteiger partial charge in [-0.1, -0.05) is 56.5 Å². The molecule has 0 atom stereocenters. The second-order valence-electron chi connectivity index (χ2n) is 5.35. The van der Waals surface area contributed by atoms with Crippen LogP contribution < -0.4 is 5.06 Å². The number of hydrogen-bond donors (Lipinski definition) is 1. The van der Waals surface area contributed by atoms with Crippen molar-refractivity contribution in [1.29, 1.82) is 0 Å². The molecule has 0 saturated carbocycles. The highest BCUT2D eigenvalue weighted by atomic mass is 16.7. The van der Waals surface area contributed by atoms with Crippen LogP contribution in [0.15, 0.2) is 54.6 Å². The summed E-state index contributed by atoms with van der Waals surface area (Å²) in [4.78, 5) is 17.4. The first-order chi connectivity index (χ1) is 11.2. The number of anilines is 2. The molecule has 0 aliphatic carbocycles. The SMILES string of the molecule is CCCCCCON(c1ccccc1)c1ccccc1C(=O)O. The predicted molar refractivity (Wildman–Crippen MR) is 92.1 cm³/mol. The van der Waals surface area contributed by atoms with E-state index in [1.54, 1.807) is 23.3 Å². The summed E-state index contributed by atoms with van der Waals surface area (Å²) in [6.07, 6.45) is 4.41. The number of carboxylic acids is 1. The summed E-state index contributed by atoms with van der Waals surface area (Å²) in [7, 11) is 0. The Morgan fingerprint density at radius 2 is 1.70 bits per heavy atom. The molecule has 4 nitrogen and oxygen atoms in total. The summed E-state index contributed by atoms with van der Waals surface area (Å²) >= 11 is 0. The third-order valence-electron chi connectivity index (χ3n) is 3.56. The number of hydrogen-bond acceptors (Lipinski definition) is 3. The van der Waals surface area contributed by atoms with Crippen LogP contribution in [0.5, 0.6) is 0 Å². The van der Waals surface area contributed by atoms with E-state index in [0.717, 1.165) is 18.5 Å². The van der Waals surface area contributed by atoms with Crippen LogP contribution in [0, 0.1) is 0 Å². The molecule has 0 saturated heterocycles. The van der Waals surface area contributed by atoms with Crippen molar-refractivity contribution in [1.82, 2.24) is 0 Å². The van der Waals surface area contributed by atoms with Gasteiger partial charge in [-0.15, -0.1) is 0 Å². The van der Waals surface area contributed by atoms with Gasteiger partial charge in [-0.2, -0.15) is 0 Å². The van der Waals surface area contributed by atoms with Crippen LogP contribution in [0.2, 0.25) is 0 Å². The van der Waals surface area contributed by atoms with Crippen molar-refractivity contribution in [3.63, 3.8) is 0 Å². The van der Waals surface area contributed by atoms with E-state index in [1.807, 2.05) is 36.4 Å². The zero-order chi connectivity index (χ0) is 16.5. The summed E-state index contributed by atoms with van der Waals surface area (Å²) in [6, 6.07) is 16.5. The Morgan fingerprint density at radius 3 is 2.39 bits per heavy atom. The molecule has 0 aromatic heterocycles. The highest BCUT2D eigenvalue weighted by Gasteiger charge is 2.17. The molecule has 0 aliphatic rings. The molecule has 0 radical (unpaired) electrons. The Hall–Kier alpha value is -2.33. The average molecular weight is 313 g/mol.